The lowest BCUT2D eigenvalue weighted by Crippen LogP contribution is -2.29. The molecular weight excluding hydrogens is 513 g/mol. The van der Waals surface area contributed by atoms with Gasteiger partial charge in [0.1, 0.15) is 18.7 Å². The molecule has 0 unspecified atom stereocenters. The summed E-state index contributed by atoms with van der Waals surface area (Å²) in [6, 6.07) is 20.2. The van der Waals surface area contributed by atoms with E-state index < -0.39 is 7.21 Å². The van der Waals surface area contributed by atoms with Gasteiger partial charge < -0.3 is 10.2 Å². The number of benzene rings is 4. The summed E-state index contributed by atoms with van der Waals surface area (Å²) in [7, 11) is 1.02. The normalized spacial score (nSPS) is 11.9. The lowest BCUT2D eigenvalue weighted by molar-refractivity contribution is 0.473. The van der Waals surface area contributed by atoms with Crippen molar-refractivity contribution < 1.29 is 10.2 Å². The lowest BCUT2D eigenvalue weighted by atomic mass is 10.1. The first-order valence-electron chi connectivity index (χ1n) is 13.5. The second-order valence-corrected chi connectivity index (χ2v) is 14.2. The van der Waals surface area contributed by atoms with Crippen molar-refractivity contribution in [1.82, 2.24) is 4.67 Å². The maximum Gasteiger partial charge on any atom is 0.129 e. The predicted octanol–water partition coefficient (Wildman–Crippen LogP) is 7.97. The van der Waals surface area contributed by atoms with E-state index in [4.69, 9.17) is 9.74 Å². The Morgan fingerprint density at radius 1 is 0.650 bits per heavy atom. The third-order valence-electron chi connectivity index (χ3n) is 7.26. The highest BCUT2D eigenvalue weighted by atomic mass is 31.2. The van der Waals surface area contributed by atoms with Gasteiger partial charge >= 0.3 is 0 Å². The summed E-state index contributed by atoms with van der Waals surface area (Å²) in [6.45, 7) is 14.1. The van der Waals surface area contributed by atoms with E-state index >= 15 is 0 Å². The van der Waals surface area contributed by atoms with E-state index in [0.717, 1.165) is 50.3 Å². The lowest BCUT2D eigenvalue weighted by Gasteiger charge is -2.34. The molecule has 0 aliphatic carbocycles. The van der Waals surface area contributed by atoms with E-state index in [1.165, 1.54) is 5.56 Å². The van der Waals surface area contributed by atoms with Crippen molar-refractivity contribution in [3.05, 3.63) is 105 Å². The average molecular weight is 554 g/mol. The molecule has 0 aromatic heterocycles. The Morgan fingerprint density at radius 2 is 1.10 bits per heavy atom. The van der Waals surface area contributed by atoms with Crippen LogP contribution in [0, 0.1) is 48.5 Å². The van der Waals surface area contributed by atoms with Crippen LogP contribution in [0.1, 0.15) is 44.5 Å². The number of aryl methyl sites for hydroxylation is 7. The van der Waals surface area contributed by atoms with Gasteiger partial charge in [-0.15, -0.1) is 0 Å². The number of aliphatic imine (C=N–C) groups is 1. The Kier molecular flexibility index (Phi) is 8.39. The second kappa shape index (κ2) is 11.4. The molecule has 0 saturated carbocycles. The van der Waals surface area contributed by atoms with Crippen LogP contribution in [-0.2, 0) is 0 Å². The minimum absolute atomic E-state index is 0.201. The monoisotopic (exact) mass is 553 g/mol. The van der Waals surface area contributed by atoms with E-state index in [9.17, 15) is 10.2 Å². The summed E-state index contributed by atoms with van der Waals surface area (Å²) in [5.41, 5.74) is 9.62. The number of hydrogen-bond acceptors (Lipinski definition) is 4. The van der Waals surface area contributed by atoms with Crippen LogP contribution < -0.4 is 10.6 Å². The Morgan fingerprint density at radius 3 is 1.60 bits per heavy atom. The van der Waals surface area contributed by atoms with Gasteiger partial charge in [0, 0.05) is 11.8 Å². The van der Waals surface area contributed by atoms with Gasteiger partial charge in [-0.25, -0.2) is 4.74 Å². The zero-order valence-corrected chi connectivity index (χ0v) is 25.9. The van der Waals surface area contributed by atoms with Crippen LogP contribution in [0.4, 0.5) is 11.4 Å². The molecule has 0 heterocycles. The van der Waals surface area contributed by atoms with Crippen LogP contribution in [0.15, 0.2) is 70.4 Å². The molecule has 4 rings (SSSR count). The number of phenols is 2. The summed E-state index contributed by atoms with van der Waals surface area (Å²) in [4.78, 5) is 4.90. The van der Waals surface area contributed by atoms with Crippen molar-refractivity contribution in [2.75, 3.05) is 14.1 Å². The Labute approximate surface area is 239 Å². The molecule has 0 saturated heterocycles. The molecule has 40 heavy (non-hydrogen) atoms. The van der Waals surface area contributed by atoms with E-state index in [0.29, 0.717) is 10.6 Å². The van der Waals surface area contributed by atoms with Crippen LogP contribution in [0.5, 0.6) is 11.5 Å². The Hall–Kier alpha value is -3.66. The summed E-state index contributed by atoms with van der Waals surface area (Å²) in [5.74, 6) is 0.402. The van der Waals surface area contributed by atoms with Crippen LogP contribution in [0.2, 0.25) is 0 Å². The molecule has 0 spiro atoms. The summed E-state index contributed by atoms with van der Waals surface area (Å²) < 4.78 is 7.58. The highest BCUT2D eigenvalue weighted by Gasteiger charge is 2.35. The van der Waals surface area contributed by atoms with E-state index in [2.05, 4.69) is 37.6 Å². The van der Waals surface area contributed by atoms with Crippen LogP contribution in [0.25, 0.3) is 0 Å². The van der Waals surface area contributed by atoms with Gasteiger partial charge in [-0.3, -0.25) is 9.66 Å². The molecule has 0 radical (unpaired) electrons. The predicted molar refractivity (Wildman–Crippen MR) is 171 cm³/mol. The molecule has 4 aromatic rings. The number of phenolic OH excluding ortho intramolecular Hbond substituents is 2. The van der Waals surface area contributed by atoms with E-state index in [1.54, 1.807) is 0 Å². The number of rotatable bonds is 6. The zero-order valence-electron chi connectivity index (χ0n) is 25.0. The summed E-state index contributed by atoms with van der Waals surface area (Å²) in [5, 5.41) is 24.5. The molecule has 208 valence electrons. The average Bonchev–Trinajstić information content (AvgIpc) is 2.87. The highest BCUT2D eigenvalue weighted by Crippen LogP contribution is 2.56. The molecule has 5 nitrogen and oxygen atoms in total. The molecular formula is C34H40N3O2P. The van der Waals surface area contributed by atoms with Gasteiger partial charge in [-0.05, 0) is 114 Å². The minimum atomic E-state index is -2.93. The van der Waals surface area contributed by atoms with Crippen molar-refractivity contribution in [2.24, 2.45) is 9.74 Å². The standard InChI is InChI=1S/C34H40N3O2P/c1-21-14-24(4)32(25(5)15-21)35-20-28-12-10-11-13-29(28)36-40(37(8)9,30-18-22(2)16-26(6)33(30)38)31-19-23(3)17-27(7)34(31)39/h10-20,38-39H,1-9H3. The number of hydrogen-bond donors (Lipinski definition) is 2. The van der Waals surface area contributed by atoms with E-state index in [-0.39, 0.29) is 11.5 Å². The zero-order chi connectivity index (χ0) is 29.4. The third-order valence-corrected chi connectivity index (χ3v) is 10.9. The van der Waals surface area contributed by atoms with Crippen molar-refractivity contribution in [2.45, 2.75) is 48.5 Å². The fraction of sp³-hybridized carbons (Fsp3) is 0.265. The van der Waals surface area contributed by atoms with Crippen LogP contribution in [-0.4, -0.2) is 35.2 Å². The van der Waals surface area contributed by atoms with Gasteiger partial charge in [-0.1, -0.05) is 48.0 Å². The van der Waals surface area contributed by atoms with E-state index in [1.807, 2.05) is 96.5 Å². The first kappa shape index (κ1) is 29.3. The molecule has 0 aliphatic rings. The summed E-state index contributed by atoms with van der Waals surface area (Å²) in [6.07, 6.45) is 1.87. The molecule has 4 aromatic carbocycles. The van der Waals surface area contributed by atoms with Gasteiger partial charge in [0.2, 0.25) is 0 Å². The number of nitrogens with zero attached hydrogens (tertiary/aromatic N) is 3. The fourth-order valence-electron chi connectivity index (χ4n) is 5.46. The second-order valence-electron chi connectivity index (χ2n) is 11.0. The first-order chi connectivity index (χ1) is 18.8. The molecule has 0 bridgehead atoms. The maximum absolute atomic E-state index is 11.5. The third kappa shape index (κ3) is 5.50. The van der Waals surface area contributed by atoms with Gasteiger partial charge in [0.25, 0.3) is 0 Å². The summed E-state index contributed by atoms with van der Waals surface area (Å²) >= 11 is 0. The Bertz CT molecular complexity index is 1600. The molecule has 0 atom stereocenters. The van der Waals surface area contributed by atoms with Gasteiger partial charge in [0.15, 0.2) is 0 Å². The van der Waals surface area contributed by atoms with Crippen molar-refractivity contribution in [1.29, 1.82) is 0 Å². The van der Waals surface area contributed by atoms with Gasteiger partial charge in [-0.2, -0.15) is 0 Å². The van der Waals surface area contributed by atoms with Crippen LogP contribution in [0.3, 0.4) is 0 Å². The molecule has 2 N–H and O–H groups in total. The SMILES string of the molecule is Cc1cc(C)c(N=Cc2ccccc2N=P(c2cc(C)cc(C)c2O)(c2cc(C)cc(C)c2O)N(C)C)c(C)c1. The fourth-order valence-corrected chi connectivity index (χ4v) is 9.18. The minimum Gasteiger partial charge on any atom is -0.507 e. The van der Waals surface area contributed by atoms with Crippen molar-refractivity contribution in [3.8, 4) is 11.5 Å². The first-order valence-corrected chi connectivity index (χ1v) is 15.2. The quantitative estimate of drug-likeness (QED) is 0.188. The molecule has 0 amide bonds. The van der Waals surface area contributed by atoms with Gasteiger partial charge in [0.05, 0.1) is 22.0 Å². The molecule has 6 heteroatoms. The Balaban J connectivity index is 2.10. The molecule has 0 aliphatic heterocycles. The smallest absolute Gasteiger partial charge is 0.129 e. The van der Waals surface area contributed by atoms with Crippen molar-refractivity contribution in [3.63, 3.8) is 0 Å². The highest BCUT2D eigenvalue weighted by molar-refractivity contribution is 7.79. The van der Waals surface area contributed by atoms with Crippen molar-refractivity contribution >= 4 is 35.4 Å². The maximum atomic E-state index is 11.5. The number of aromatic hydroxyl groups is 2. The molecule has 0 fully saturated rings. The largest absolute Gasteiger partial charge is 0.507 e. The topological polar surface area (TPSA) is 68.4 Å². The van der Waals surface area contributed by atoms with Crippen LogP contribution >= 0.6 is 7.21 Å².